The summed E-state index contributed by atoms with van der Waals surface area (Å²) in [5, 5.41) is 14.1. The second-order valence-electron chi connectivity index (χ2n) is 6.78. The molecule has 3 aromatic rings. The van der Waals surface area contributed by atoms with Crippen molar-refractivity contribution in [2.24, 2.45) is 0 Å². The second-order valence-corrected chi connectivity index (χ2v) is 6.78. The molecule has 1 amide bonds. The first kappa shape index (κ1) is 20.9. The van der Waals surface area contributed by atoms with Gasteiger partial charge in [0, 0.05) is 23.4 Å². The number of hydrogen-bond donors (Lipinski definition) is 1. The average Bonchev–Trinajstić information content (AvgIpc) is 2.74. The van der Waals surface area contributed by atoms with Crippen molar-refractivity contribution in [2.75, 3.05) is 12.4 Å². The number of hydrogen-bond acceptors (Lipinski definition) is 5. The van der Waals surface area contributed by atoms with E-state index in [0.717, 1.165) is 5.56 Å². The predicted molar refractivity (Wildman–Crippen MR) is 115 cm³/mol. The largest absolute Gasteiger partial charge is 0.497 e. The van der Waals surface area contributed by atoms with Gasteiger partial charge < -0.3 is 14.8 Å². The second kappa shape index (κ2) is 9.09. The average molecular weight is 406 g/mol. The number of nitro groups is 1. The topological polar surface area (TPSA) is 90.7 Å². The first-order valence-corrected chi connectivity index (χ1v) is 9.34. The van der Waals surface area contributed by atoms with Crippen molar-refractivity contribution >= 4 is 17.3 Å². The minimum absolute atomic E-state index is 0.0648. The van der Waals surface area contributed by atoms with Gasteiger partial charge in [0.15, 0.2) is 6.10 Å². The van der Waals surface area contributed by atoms with Gasteiger partial charge in [-0.1, -0.05) is 24.3 Å². The normalized spacial score (nSPS) is 11.4. The highest BCUT2D eigenvalue weighted by atomic mass is 16.6. The van der Waals surface area contributed by atoms with Crippen molar-refractivity contribution in [1.29, 1.82) is 0 Å². The highest BCUT2D eigenvalue weighted by Crippen LogP contribution is 2.35. The zero-order chi connectivity index (χ0) is 21.7. The number of benzene rings is 3. The molecule has 3 aromatic carbocycles. The summed E-state index contributed by atoms with van der Waals surface area (Å²) >= 11 is 0. The molecule has 0 radical (unpaired) electrons. The molecule has 0 unspecified atom stereocenters. The molecule has 0 aliphatic carbocycles. The van der Waals surface area contributed by atoms with E-state index in [2.05, 4.69) is 5.32 Å². The summed E-state index contributed by atoms with van der Waals surface area (Å²) in [5.74, 6) is 0.717. The fourth-order valence-electron chi connectivity index (χ4n) is 2.94. The number of amides is 1. The number of carbonyl (C=O) groups is 1. The van der Waals surface area contributed by atoms with Crippen LogP contribution < -0.4 is 14.8 Å². The standard InChI is InChI=1S/C23H22N2O5/c1-15-5-4-6-18(13-15)24-23(26)16(2)30-22-12-9-19(25(27)28)14-21(22)17-7-10-20(29-3)11-8-17/h4-14,16H,1-3H3,(H,24,26)/t16-/m0/s1. The minimum atomic E-state index is -0.816. The van der Waals surface area contributed by atoms with Gasteiger partial charge in [-0.2, -0.15) is 0 Å². The van der Waals surface area contributed by atoms with E-state index in [1.165, 1.54) is 18.2 Å². The summed E-state index contributed by atoms with van der Waals surface area (Å²) in [6.07, 6.45) is -0.816. The lowest BCUT2D eigenvalue weighted by molar-refractivity contribution is -0.384. The Morgan fingerprint density at radius 2 is 1.80 bits per heavy atom. The number of methoxy groups -OCH3 is 1. The summed E-state index contributed by atoms with van der Waals surface area (Å²) < 4.78 is 11.1. The zero-order valence-corrected chi connectivity index (χ0v) is 16.9. The Balaban J connectivity index is 1.86. The van der Waals surface area contributed by atoms with Gasteiger partial charge in [-0.05, 0) is 55.3 Å². The monoisotopic (exact) mass is 406 g/mol. The molecule has 30 heavy (non-hydrogen) atoms. The van der Waals surface area contributed by atoms with Crippen molar-refractivity contribution in [3.8, 4) is 22.6 Å². The van der Waals surface area contributed by atoms with Crippen LogP contribution in [0.5, 0.6) is 11.5 Å². The van der Waals surface area contributed by atoms with Crippen LogP contribution in [-0.2, 0) is 4.79 Å². The van der Waals surface area contributed by atoms with Crippen LogP contribution >= 0.6 is 0 Å². The summed E-state index contributed by atoms with van der Waals surface area (Å²) in [6.45, 7) is 3.57. The highest BCUT2D eigenvalue weighted by molar-refractivity contribution is 5.94. The molecule has 0 aromatic heterocycles. The van der Waals surface area contributed by atoms with Crippen LogP contribution in [0.2, 0.25) is 0 Å². The van der Waals surface area contributed by atoms with Gasteiger partial charge in [0.1, 0.15) is 11.5 Å². The van der Waals surface area contributed by atoms with Crippen LogP contribution in [0.4, 0.5) is 11.4 Å². The number of nitrogens with one attached hydrogen (secondary N) is 1. The molecule has 7 nitrogen and oxygen atoms in total. The molecular formula is C23H22N2O5. The van der Waals surface area contributed by atoms with E-state index < -0.39 is 11.0 Å². The molecule has 0 heterocycles. The van der Waals surface area contributed by atoms with Crippen LogP contribution in [0.25, 0.3) is 11.1 Å². The maximum Gasteiger partial charge on any atom is 0.270 e. The third-order valence-electron chi connectivity index (χ3n) is 4.53. The number of carbonyl (C=O) groups excluding carboxylic acids is 1. The molecule has 1 N–H and O–H groups in total. The van der Waals surface area contributed by atoms with E-state index in [-0.39, 0.29) is 11.6 Å². The molecule has 0 saturated carbocycles. The number of rotatable bonds is 7. The molecule has 0 aliphatic rings. The van der Waals surface area contributed by atoms with Gasteiger partial charge in [-0.15, -0.1) is 0 Å². The smallest absolute Gasteiger partial charge is 0.270 e. The molecule has 0 bridgehead atoms. The molecule has 1 atom stereocenters. The Hall–Kier alpha value is -3.87. The van der Waals surface area contributed by atoms with Gasteiger partial charge in [0.25, 0.3) is 11.6 Å². The van der Waals surface area contributed by atoms with Crippen molar-refractivity contribution in [2.45, 2.75) is 20.0 Å². The molecule has 0 fully saturated rings. The molecule has 7 heteroatoms. The van der Waals surface area contributed by atoms with E-state index in [0.29, 0.717) is 28.3 Å². The summed E-state index contributed by atoms with van der Waals surface area (Å²) in [4.78, 5) is 23.3. The van der Waals surface area contributed by atoms with Gasteiger partial charge in [-0.3, -0.25) is 14.9 Å². The number of non-ortho nitro benzene ring substituents is 1. The molecule has 0 spiro atoms. The molecule has 0 aliphatic heterocycles. The maximum absolute atomic E-state index is 12.6. The summed E-state index contributed by atoms with van der Waals surface area (Å²) in [5.41, 5.74) is 2.86. The van der Waals surface area contributed by atoms with Crippen molar-refractivity contribution in [3.05, 3.63) is 82.4 Å². The molecular weight excluding hydrogens is 384 g/mol. The van der Waals surface area contributed by atoms with Crippen molar-refractivity contribution in [1.82, 2.24) is 0 Å². The summed E-state index contributed by atoms with van der Waals surface area (Å²) in [7, 11) is 1.56. The van der Waals surface area contributed by atoms with Gasteiger partial charge >= 0.3 is 0 Å². The summed E-state index contributed by atoms with van der Waals surface area (Å²) in [6, 6.07) is 18.8. The van der Waals surface area contributed by atoms with Crippen LogP contribution in [-0.4, -0.2) is 24.0 Å². The Morgan fingerprint density at radius 3 is 2.43 bits per heavy atom. The third kappa shape index (κ3) is 4.94. The highest BCUT2D eigenvalue weighted by Gasteiger charge is 2.19. The Bertz CT molecular complexity index is 1060. The number of nitro benzene ring substituents is 1. The van der Waals surface area contributed by atoms with Crippen LogP contribution in [0.3, 0.4) is 0 Å². The Labute approximate surface area is 174 Å². The SMILES string of the molecule is COc1ccc(-c2cc([N+](=O)[O-])ccc2O[C@@H](C)C(=O)Nc2cccc(C)c2)cc1. The van der Waals surface area contributed by atoms with Gasteiger partial charge in [-0.25, -0.2) is 0 Å². The van der Waals surface area contributed by atoms with E-state index in [1.54, 1.807) is 44.4 Å². The number of nitrogens with zero attached hydrogens (tertiary/aromatic N) is 1. The quantitative estimate of drug-likeness (QED) is 0.441. The molecule has 0 saturated heterocycles. The zero-order valence-electron chi connectivity index (χ0n) is 16.9. The fraction of sp³-hybridized carbons (Fsp3) is 0.174. The van der Waals surface area contributed by atoms with E-state index in [1.807, 2.05) is 25.1 Å². The Kier molecular flexibility index (Phi) is 6.32. The van der Waals surface area contributed by atoms with E-state index >= 15 is 0 Å². The number of aryl methyl sites for hydroxylation is 1. The van der Waals surface area contributed by atoms with Crippen molar-refractivity contribution in [3.63, 3.8) is 0 Å². The van der Waals surface area contributed by atoms with Crippen LogP contribution in [0, 0.1) is 17.0 Å². The van der Waals surface area contributed by atoms with E-state index in [4.69, 9.17) is 9.47 Å². The van der Waals surface area contributed by atoms with Gasteiger partial charge in [0.2, 0.25) is 0 Å². The Morgan fingerprint density at radius 1 is 1.07 bits per heavy atom. The first-order valence-electron chi connectivity index (χ1n) is 9.34. The lowest BCUT2D eigenvalue weighted by atomic mass is 10.0. The number of anilines is 1. The molecule has 3 rings (SSSR count). The van der Waals surface area contributed by atoms with Crippen LogP contribution in [0.1, 0.15) is 12.5 Å². The fourth-order valence-corrected chi connectivity index (χ4v) is 2.94. The molecule has 154 valence electrons. The third-order valence-corrected chi connectivity index (χ3v) is 4.53. The van der Waals surface area contributed by atoms with Gasteiger partial charge in [0.05, 0.1) is 12.0 Å². The number of ether oxygens (including phenoxy) is 2. The maximum atomic E-state index is 12.6. The van der Waals surface area contributed by atoms with E-state index in [9.17, 15) is 14.9 Å². The first-order chi connectivity index (χ1) is 14.4. The lowest BCUT2D eigenvalue weighted by Gasteiger charge is -2.18. The minimum Gasteiger partial charge on any atom is -0.497 e. The lowest BCUT2D eigenvalue weighted by Crippen LogP contribution is -2.30. The van der Waals surface area contributed by atoms with Crippen molar-refractivity contribution < 1.29 is 19.2 Å². The predicted octanol–water partition coefficient (Wildman–Crippen LogP) is 4.98. The van der Waals surface area contributed by atoms with Crippen LogP contribution in [0.15, 0.2) is 66.7 Å².